The minimum Gasteiger partial charge on any atom is -0.346 e. The molecule has 2 aliphatic rings. The van der Waals surface area contributed by atoms with Gasteiger partial charge in [0.25, 0.3) is 0 Å². The van der Waals surface area contributed by atoms with Gasteiger partial charge in [-0.25, -0.2) is 13.1 Å². The lowest BCUT2D eigenvalue weighted by Gasteiger charge is -2.14. The van der Waals surface area contributed by atoms with Gasteiger partial charge in [0, 0.05) is 31.0 Å². The first kappa shape index (κ1) is 15.1. The number of rotatable bonds is 8. The van der Waals surface area contributed by atoms with Crippen molar-refractivity contribution in [1.82, 2.24) is 9.29 Å². The smallest absolute Gasteiger partial charge is 0.242 e. The largest absolute Gasteiger partial charge is 0.346 e. The quantitative estimate of drug-likeness (QED) is 0.772. The van der Waals surface area contributed by atoms with Crippen molar-refractivity contribution in [2.45, 2.75) is 62.9 Å². The van der Waals surface area contributed by atoms with Crippen molar-refractivity contribution in [3.63, 3.8) is 0 Å². The molecule has 0 amide bonds. The summed E-state index contributed by atoms with van der Waals surface area (Å²) >= 11 is 0. The van der Waals surface area contributed by atoms with Crippen LogP contribution in [0, 0.1) is 5.41 Å². The number of hydrogen-bond acceptors (Lipinski definition) is 3. The average molecular weight is 311 g/mol. The Morgan fingerprint density at radius 1 is 1.43 bits per heavy atom. The lowest BCUT2D eigenvalue weighted by Crippen LogP contribution is -2.30. The van der Waals surface area contributed by atoms with Gasteiger partial charge in [-0.05, 0) is 43.6 Å². The molecular formula is C15H25N3O2S. The number of nitrogens with two attached hydrogens (primary N) is 1. The summed E-state index contributed by atoms with van der Waals surface area (Å²) in [6, 6.07) is 2.17. The molecule has 21 heavy (non-hydrogen) atoms. The van der Waals surface area contributed by atoms with E-state index in [2.05, 4.69) is 11.6 Å². The van der Waals surface area contributed by atoms with Gasteiger partial charge < -0.3 is 10.3 Å². The summed E-state index contributed by atoms with van der Waals surface area (Å²) in [7, 11) is -3.42. The molecular weight excluding hydrogens is 286 g/mol. The van der Waals surface area contributed by atoms with Crippen molar-refractivity contribution in [1.29, 1.82) is 0 Å². The summed E-state index contributed by atoms with van der Waals surface area (Å²) in [5, 5.41) is 0. The summed E-state index contributed by atoms with van der Waals surface area (Å²) in [4.78, 5) is 0.363. The zero-order valence-electron chi connectivity index (χ0n) is 12.6. The molecule has 0 aliphatic heterocycles. The number of sulfonamides is 1. The molecule has 0 atom stereocenters. The number of aromatic nitrogens is 1. The predicted molar refractivity (Wildman–Crippen MR) is 82.4 cm³/mol. The minimum atomic E-state index is -3.42. The van der Waals surface area contributed by atoms with Crippen LogP contribution in [0.2, 0.25) is 0 Å². The van der Waals surface area contributed by atoms with Crippen molar-refractivity contribution in [2.24, 2.45) is 11.1 Å². The maximum Gasteiger partial charge on any atom is 0.242 e. The Morgan fingerprint density at radius 2 is 2.14 bits per heavy atom. The van der Waals surface area contributed by atoms with Crippen molar-refractivity contribution in [3.05, 3.63) is 18.0 Å². The van der Waals surface area contributed by atoms with Crippen molar-refractivity contribution in [3.8, 4) is 0 Å². The second-order valence-electron chi connectivity index (χ2n) is 6.58. The van der Waals surface area contributed by atoms with Crippen LogP contribution in [-0.2, 0) is 16.6 Å². The predicted octanol–water partition coefficient (Wildman–Crippen LogP) is 2.14. The van der Waals surface area contributed by atoms with Crippen LogP contribution < -0.4 is 10.5 Å². The molecule has 2 aliphatic carbocycles. The molecule has 1 aromatic rings. The molecule has 3 N–H and O–H groups in total. The first-order chi connectivity index (χ1) is 10.00. The van der Waals surface area contributed by atoms with Gasteiger partial charge in [0.15, 0.2) is 0 Å². The Bertz CT molecular complexity index is 613. The average Bonchev–Trinajstić information content (AvgIpc) is 3.37. The van der Waals surface area contributed by atoms with Gasteiger partial charge in [0.2, 0.25) is 10.0 Å². The first-order valence-corrected chi connectivity index (χ1v) is 9.38. The maximum atomic E-state index is 12.5. The van der Waals surface area contributed by atoms with E-state index in [1.807, 2.05) is 4.57 Å². The number of nitrogens with zero attached hydrogens (tertiary/aromatic N) is 1. The summed E-state index contributed by atoms with van der Waals surface area (Å²) in [6.07, 6.45) is 8.48. The van der Waals surface area contributed by atoms with Gasteiger partial charge in [0.1, 0.15) is 0 Å². The number of nitrogens with one attached hydrogen (secondary N) is 1. The third kappa shape index (κ3) is 3.17. The molecule has 0 unspecified atom stereocenters. The van der Waals surface area contributed by atoms with Crippen LogP contribution in [0.4, 0.5) is 0 Å². The van der Waals surface area contributed by atoms with Crippen LogP contribution in [0.3, 0.4) is 0 Å². The van der Waals surface area contributed by atoms with Crippen molar-refractivity contribution >= 4 is 10.0 Å². The molecule has 2 saturated carbocycles. The van der Waals surface area contributed by atoms with Gasteiger partial charge in [-0.15, -0.1) is 0 Å². The molecule has 6 heteroatoms. The van der Waals surface area contributed by atoms with Gasteiger partial charge in [-0.2, -0.15) is 0 Å². The third-order valence-corrected chi connectivity index (χ3v) is 6.11. The molecule has 118 valence electrons. The Labute approximate surface area is 127 Å². The summed E-state index contributed by atoms with van der Waals surface area (Å²) < 4.78 is 29.8. The highest BCUT2D eigenvalue weighted by Gasteiger charge is 2.42. The topological polar surface area (TPSA) is 77.1 Å². The van der Waals surface area contributed by atoms with Crippen LogP contribution in [0.5, 0.6) is 0 Å². The third-order valence-electron chi connectivity index (χ3n) is 4.74. The molecule has 3 rings (SSSR count). The zero-order chi connectivity index (χ0) is 15.1. The van der Waals surface area contributed by atoms with Crippen LogP contribution in [-0.4, -0.2) is 19.5 Å². The van der Waals surface area contributed by atoms with Crippen LogP contribution >= 0.6 is 0 Å². The molecule has 0 spiro atoms. The first-order valence-electron chi connectivity index (χ1n) is 7.90. The molecule has 0 saturated heterocycles. The standard InChI is InChI=1S/C15H25N3O2S/c1-2-5-15(6-7-15)11-17-21(19,20)14-8-13(9-16)18(10-14)12-3-4-12/h8,10,12,17H,2-7,9,11,16H2,1H3. The minimum absolute atomic E-state index is 0.220. The molecule has 0 bridgehead atoms. The molecule has 0 radical (unpaired) electrons. The van der Waals surface area contributed by atoms with E-state index in [1.54, 1.807) is 12.3 Å². The Balaban J connectivity index is 1.72. The highest BCUT2D eigenvalue weighted by atomic mass is 32.2. The molecule has 0 aromatic carbocycles. The van der Waals surface area contributed by atoms with Gasteiger partial charge >= 0.3 is 0 Å². The summed E-state index contributed by atoms with van der Waals surface area (Å²) in [5.74, 6) is 0. The summed E-state index contributed by atoms with van der Waals surface area (Å²) in [6.45, 7) is 3.10. The second kappa shape index (κ2) is 5.41. The van der Waals surface area contributed by atoms with E-state index in [-0.39, 0.29) is 5.41 Å². The van der Waals surface area contributed by atoms with Gasteiger partial charge in [-0.3, -0.25) is 0 Å². The molecule has 1 heterocycles. The van der Waals surface area contributed by atoms with E-state index in [0.29, 0.717) is 24.0 Å². The van der Waals surface area contributed by atoms with E-state index in [0.717, 1.165) is 44.2 Å². The maximum absolute atomic E-state index is 12.5. The molecule has 1 aromatic heterocycles. The van der Waals surface area contributed by atoms with Crippen molar-refractivity contribution in [2.75, 3.05) is 6.54 Å². The number of hydrogen-bond donors (Lipinski definition) is 2. The summed E-state index contributed by atoms with van der Waals surface area (Å²) in [5.41, 5.74) is 6.86. The zero-order valence-corrected chi connectivity index (χ0v) is 13.5. The molecule has 5 nitrogen and oxygen atoms in total. The fourth-order valence-electron chi connectivity index (χ4n) is 3.05. The highest BCUT2D eigenvalue weighted by Crippen LogP contribution is 2.49. The van der Waals surface area contributed by atoms with E-state index in [4.69, 9.17) is 5.73 Å². The highest BCUT2D eigenvalue weighted by molar-refractivity contribution is 7.89. The Kier molecular flexibility index (Phi) is 3.88. The van der Waals surface area contributed by atoms with E-state index in [9.17, 15) is 8.42 Å². The SMILES string of the molecule is CCCC1(CNS(=O)(=O)c2cc(CN)n(C3CC3)c2)CC1. The fourth-order valence-corrected chi connectivity index (χ4v) is 4.26. The van der Waals surface area contributed by atoms with E-state index in [1.165, 1.54) is 0 Å². The lowest BCUT2D eigenvalue weighted by atomic mass is 10.0. The normalized spacial score (nSPS) is 20.7. The molecule has 2 fully saturated rings. The van der Waals surface area contributed by atoms with E-state index >= 15 is 0 Å². The Hall–Kier alpha value is -0.850. The Morgan fingerprint density at radius 3 is 2.67 bits per heavy atom. The monoisotopic (exact) mass is 311 g/mol. The lowest BCUT2D eigenvalue weighted by molar-refractivity contribution is 0.449. The second-order valence-corrected chi connectivity index (χ2v) is 8.35. The van der Waals surface area contributed by atoms with Crippen LogP contribution in [0.1, 0.15) is 57.2 Å². The van der Waals surface area contributed by atoms with Crippen LogP contribution in [0.25, 0.3) is 0 Å². The van der Waals surface area contributed by atoms with Crippen LogP contribution in [0.15, 0.2) is 17.2 Å². The van der Waals surface area contributed by atoms with Gasteiger partial charge in [-0.1, -0.05) is 13.3 Å². The van der Waals surface area contributed by atoms with Crippen molar-refractivity contribution < 1.29 is 8.42 Å². The van der Waals surface area contributed by atoms with E-state index < -0.39 is 10.0 Å². The fraction of sp³-hybridized carbons (Fsp3) is 0.733. The van der Waals surface area contributed by atoms with Gasteiger partial charge in [0.05, 0.1) is 4.90 Å².